The second-order valence-electron chi connectivity index (χ2n) is 8.13. The Kier molecular flexibility index (Phi) is 5.74. The highest BCUT2D eigenvalue weighted by Gasteiger charge is 2.51. The molecule has 2 atom stereocenters. The van der Waals surface area contributed by atoms with Crippen LogP contribution in [0.2, 0.25) is 0 Å². The van der Waals surface area contributed by atoms with E-state index in [1.165, 1.54) is 5.56 Å². The quantitative estimate of drug-likeness (QED) is 0.784. The van der Waals surface area contributed by atoms with Crippen molar-refractivity contribution in [3.8, 4) is 0 Å². The summed E-state index contributed by atoms with van der Waals surface area (Å²) in [5, 5.41) is 4.67. The summed E-state index contributed by atoms with van der Waals surface area (Å²) in [5.41, 5.74) is 1.45. The summed E-state index contributed by atoms with van der Waals surface area (Å²) in [7, 11) is -3.82. The van der Waals surface area contributed by atoms with Crippen molar-refractivity contribution in [3.05, 3.63) is 29.8 Å². The van der Waals surface area contributed by atoms with Gasteiger partial charge in [-0.25, -0.2) is 13.6 Å². The first-order chi connectivity index (χ1) is 11.3. The Morgan fingerprint density at radius 1 is 1.00 bits per heavy atom. The number of primary sulfonamides is 1. The molecule has 1 aliphatic rings. The van der Waals surface area contributed by atoms with Gasteiger partial charge in [0, 0.05) is 0 Å². The number of hydrogen-bond acceptors (Lipinski definition) is 4. The number of nitrogens with two attached hydrogens (primary N) is 1. The Balaban J connectivity index is 2.01. The van der Waals surface area contributed by atoms with Crippen LogP contribution in [-0.2, 0) is 19.3 Å². The van der Waals surface area contributed by atoms with E-state index >= 15 is 0 Å². The molecular weight excluding hydrogens is 337 g/mol. The lowest BCUT2D eigenvalue weighted by molar-refractivity contribution is 0.00578. The topological polar surface area (TPSA) is 78.6 Å². The lowest BCUT2D eigenvalue weighted by Gasteiger charge is -2.32. The smallest absolute Gasteiger partial charge is 0.399 e. The summed E-state index contributed by atoms with van der Waals surface area (Å²) in [6.45, 7) is 11.9. The molecular formula is C18H30BNO4S. The van der Waals surface area contributed by atoms with Crippen molar-refractivity contribution in [2.45, 2.75) is 76.8 Å². The molecule has 140 valence electrons. The maximum Gasteiger partial charge on any atom is 0.494 e. The SMILES string of the molecule is CC(CCC(C)S(N)(=O)=O)c1ccc(B2OC(C)(C)C(C)(C)O2)cc1. The maximum atomic E-state index is 11.3. The number of hydrogen-bond donors (Lipinski definition) is 1. The third-order valence-corrected chi connectivity index (χ3v) is 6.96. The standard InChI is InChI=1S/C18H30BNO4S/c1-13(7-8-14(2)25(20,21)22)15-9-11-16(12-10-15)19-23-17(3,4)18(5,6)24-19/h9-14H,7-8H2,1-6H3,(H2,20,21,22). The monoisotopic (exact) mass is 367 g/mol. The largest absolute Gasteiger partial charge is 0.494 e. The summed E-state index contributed by atoms with van der Waals surface area (Å²) in [6, 6.07) is 8.17. The molecule has 1 saturated heterocycles. The van der Waals surface area contributed by atoms with E-state index in [2.05, 4.69) is 19.1 Å². The molecule has 0 radical (unpaired) electrons. The van der Waals surface area contributed by atoms with Crippen LogP contribution in [0, 0.1) is 0 Å². The Morgan fingerprint density at radius 3 is 1.92 bits per heavy atom. The molecule has 1 aromatic rings. The molecule has 1 aromatic carbocycles. The fourth-order valence-electron chi connectivity index (χ4n) is 2.78. The fraction of sp³-hybridized carbons (Fsp3) is 0.667. The van der Waals surface area contributed by atoms with Gasteiger partial charge >= 0.3 is 7.12 Å². The summed E-state index contributed by atoms with van der Waals surface area (Å²) in [4.78, 5) is 0. The third kappa shape index (κ3) is 4.64. The first-order valence-electron chi connectivity index (χ1n) is 8.80. The van der Waals surface area contributed by atoms with Gasteiger partial charge in [-0.3, -0.25) is 0 Å². The zero-order valence-electron chi connectivity index (χ0n) is 16.1. The van der Waals surface area contributed by atoms with Crippen molar-refractivity contribution in [2.75, 3.05) is 0 Å². The summed E-state index contributed by atoms with van der Waals surface area (Å²) in [6.07, 6.45) is 1.33. The van der Waals surface area contributed by atoms with Crippen LogP contribution >= 0.6 is 0 Å². The van der Waals surface area contributed by atoms with Crippen molar-refractivity contribution >= 4 is 22.6 Å². The van der Waals surface area contributed by atoms with E-state index in [0.29, 0.717) is 6.42 Å². The normalized spacial score (nSPS) is 22.0. The molecule has 0 spiro atoms. The molecule has 0 aromatic heterocycles. The molecule has 0 amide bonds. The van der Waals surface area contributed by atoms with Crippen LogP contribution in [-0.4, -0.2) is 32.0 Å². The highest BCUT2D eigenvalue weighted by Crippen LogP contribution is 2.36. The van der Waals surface area contributed by atoms with Gasteiger partial charge in [0.15, 0.2) is 0 Å². The zero-order valence-corrected chi connectivity index (χ0v) is 16.9. The zero-order chi connectivity index (χ0) is 19.0. The van der Waals surface area contributed by atoms with Crippen LogP contribution < -0.4 is 10.6 Å². The average Bonchev–Trinajstić information content (AvgIpc) is 2.72. The molecule has 1 fully saturated rings. The van der Waals surface area contributed by atoms with E-state index < -0.39 is 15.3 Å². The second-order valence-corrected chi connectivity index (χ2v) is 10.1. The molecule has 2 rings (SSSR count). The highest BCUT2D eigenvalue weighted by molar-refractivity contribution is 7.89. The van der Waals surface area contributed by atoms with Crippen molar-refractivity contribution in [2.24, 2.45) is 5.14 Å². The van der Waals surface area contributed by atoms with Gasteiger partial charge in [0.05, 0.1) is 16.5 Å². The number of benzene rings is 1. The summed E-state index contributed by atoms with van der Waals surface area (Å²) >= 11 is 0. The second kappa shape index (κ2) is 7.03. The van der Waals surface area contributed by atoms with Crippen molar-refractivity contribution in [1.29, 1.82) is 0 Å². The van der Waals surface area contributed by atoms with Crippen molar-refractivity contribution < 1.29 is 17.7 Å². The Morgan fingerprint density at radius 2 is 1.48 bits per heavy atom. The molecule has 5 nitrogen and oxygen atoms in total. The van der Waals surface area contributed by atoms with Crippen LogP contribution in [0.5, 0.6) is 0 Å². The third-order valence-electron chi connectivity index (χ3n) is 5.60. The molecule has 1 aliphatic heterocycles. The first kappa shape index (κ1) is 20.4. The fourth-order valence-corrected chi connectivity index (χ4v) is 3.24. The minimum Gasteiger partial charge on any atom is -0.399 e. The van der Waals surface area contributed by atoms with E-state index in [0.717, 1.165) is 11.9 Å². The molecule has 7 heteroatoms. The molecule has 1 heterocycles. The molecule has 2 N–H and O–H groups in total. The van der Waals surface area contributed by atoms with Gasteiger partial charge in [-0.1, -0.05) is 31.2 Å². The van der Waals surface area contributed by atoms with Crippen LogP contribution in [0.4, 0.5) is 0 Å². The van der Waals surface area contributed by atoms with E-state index in [1.807, 2.05) is 39.8 Å². The Bertz CT molecular complexity index is 684. The van der Waals surface area contributed by atoms with Gasteiger partial charge < -0.3 is 9.31 Å². The minimum atomic E-state index is -3.45. The number of sulfonamides is 1. The average molecular weight is 367 g/mol. The van der Waals surface area contributed by atoms with Gasteiger partial charge in [-0.2, -0.15) is 0 Å². The molecule has 0 aliphatic carbocycles. The lowest BCUT2D eigenvalue weighted by Crippen LogP contribution is -2.41. The van der Waals surface area contributed by atoms with Gasteiger partial charge in [-0.05, 0) is 64.4 Å². The highest BCUT2D eigenvalue weighted by atomic mass is 32.2. The van der Waals surface area contributed by atoms with E-state index in [1.54, 1.807) is 6.92 Å². The predicted molar refractivity (Wildman–Crippen MR) is 102 cm³/mol. The molecule has 0 saturated carbocycles. The van der Waals surface area contributed by atoms with Gasteiger partial charge in [0.25, 0.3) is 0 Å². The lowest BCUT2D eigenvalue weighted by atomic mass is 9.78. The Hall–Kier alpha value is -0.885. The molecule has 0 bridgehead atoms. The van der Waals surface area contributed by atoms with Crippen LogP contribution in [0.3, 0.4) is 0 Å². The van der Waals surface area contributed by atoms with Gasteiger partial charge in [-0.15, -0.1) is 0 Å². The van der Waals surface area contributed by atoms with Gasteiger partial charge in [0.1, 0.15) is 0 Å². The first-order valence-corrected chi connectivity index (χ1v) is 10.4. The van der Waals surface area contributed by atoms with E-state index in [9.17, 15) is 8.42 Å². The van der Waals surface area contributed by atoms with Gasteiger partial charge in [0.2, 0.25) is 10.0 Å². The molecule has 25 heavy (non-hydrogen) atoms. The van der Waals surface area contributed by atoms with Crippen LogP contribution in [0.25, 0.3) is 0 Å². The van der Waals surface area contributed by atoms with E-state index in [-0.39, 0.29) is 24.2 Å². The predicted octanol–water partition coefficient (Wildman–Crippen LogP) is 2.55. The molecule has 2 unspecified atom stereocenters. The summed E-state index contributed by atoms with van der Waals surface area (Å²) < 4.78 is 34.8. The van der Waals surface area contributed by atoms with Crippen molar-refractivity contribution in [1.82, 2.24) is 0 Å². The Labute approximate surface area is 152 Å². The van der Waals surface area contributed by atoms with Crippen LogP contribution in [0.15, 0.2) is 24.3 Å². The van der Waals surface area contributed by atoms with Crippen molar-refractivity contribution in [3.63, 3.8) is 0 Å². The summed E-state index contributed by atoms with van der Waals surface area (Å²) in [5.74, 6) is 0.261. The maximum absolute atomic E-state index is 11.3. The minimum absolute atomic E-state index is 0.261. The number of rotatable bonds is 6. The van der Waals surface area contributed by atoms with Crippen LogP contribution in [0.1, 0.15) is 65.9 Å². The van der Waals surface area contributed by atoms with E-state index in [4.69, 9.17) is 14.4 Å².